The average Bonchev–Trinajstić information content (AvgIpc) is 2.62. The van der Waals surface area contributed by atoms with Gasteiger partial charge in [-0.2, -0.15) is 0 Å². The van der Waals surface area contributed by atoms with Crippen molar-refractivity contribution in [2.75, 3.05) is 0 Å². The summed E-state index contributed by atoms with van der Waals surface area (Å²) in [6.45, 7) is 2.13. The quantitative estimate of drug-likeness (QED) is 0.148. The third kappa shape index (κ3) is 3.09. The van der Waals surface area contributed by atoms with Crippen molar-refractivity contribution in [3.63, 3.8) is 0 Å². The van der Waals surface area contributed by atoms with E-state index in [0.29, 0.717) is 0 Å². The van der Waals surface area contributed by atoms with E-state index in [4.69, 9.17) is 33.2 Å². The van der Waals surface area contributed by atoms with Gasteiger partial charge in [0, 0.05) is 0 Å². The van der Waals surface area contributed by atoms with E-state index in [1.807, 2.05) is 18.2 Å². The van der Waals surface area contributed by atoms with Crippen LogP contribution in [-0.4, -0.2) is 6.00 Å². The summed E-state index contributed by atoms with van der Waals surface area (Å²) in [4.78, 5) is 0. The minimum atomic E-state index is -2.88. The number of benzene rings is 5. The van der Waals surface area contributed by atoms with Crippen LogP contribution in [0.2, 0.25) is 0 Å². The van der Waals surface area contributed by atoms with Crippen molar-refractivity contribution in [3.05, 3.63) is 78.4 Å². The minimum absolute atomic E-state index is 0.821. The Morgan fingerprint density at radius 3 is 1.41 bits per heavy atom. The number of fused-ring (bicyclic) bond motifs is 4. The first-order valence-electron chi connectivity index (χ1n) is 8.76. The molecule has 5 rings (SSSR count). The Labute approximate surface area is 172 Å². The smallest absolute Gasteiger partial charge is 0.121 e. The fraction of sp³-hybridized carbons (Fsp3) is 0.0435. The van der Waals surface area contributed by atoms with Crippen molar-refractivity contribution in [1.82, 2.24) is 0 Å². The highest BCUT2D eigenvalue weighted by atomic mass is 35.8. The highest BCUT2D eigenvalue weighted by molar-refractivity contribution is 7.69. The lowest BCUT2D eigenvalue weighted by Crippen LogP contribution is -2.29. The molecule has 0 N–H and O–H groups in total. The molecule has 0 aromatic heterocycles. The Morgan fingerprint density at radius 1 is 0.481 bits per heavy atom. The summed E-state index contributed by atoms with van der Waals surface area (Å²) in [5.41, 5.74) is 1.28. The topological polar surface area (TPSA) is 0 Å². The Hall–Kier alpha value is -1.77. The molecular weight excluding hydrogens is 411 g/mol. The highest BCUT2D eigenvalue weighted by Crippen LogP contribution is 2.31. The van der Waals surface area contributed by atoms with E-state index in [9.17, 15) is 0 Å². The van der Waals surface area contributed by atoms with Gasteiger partial charge in [0.05, 0.1) is 0 Å². The molecular formula is C23H15Cl3Si. The van der Waals surface area contributed by atoms with E-state index in [-0.39, 0.29) is 0 Å². The molecule has 27 heavy (non-hydrogen) atoms. The van der Waals surface area contributed by atoms with Crippen LogP contribution < -0.4 is 5.19 Å². The van der Waals surface area contributed by atoms with Crippen LogP contribution in [0.25, 0.3) is 43.1 Å². The average molecular weight is 426 g/mol. The van der Waals surface area contributed by atoms with E-state index in [2.05, 4.69) is 61.5 Å². The molecule has 0 bridgehead atoms. The highest BCUT2D eigenvalue weighted by Gasteiger charge is 2.28. The zero-order valence-electron chi connectivity index (χ0n) is 14.6. The van der Waals surface area contributed by atoms with Crippen LogP contribution in [0.15, 0.2) is 72.8 Å². The molecule has 0 amide bonds. The largest absolute Gasteiger partial charge is 0.372 e. The molecule has 0 saturated carbocycles. The van der Waals surface area contributed by atoms with Gasteiger partial charge in [0.25, 0.3) is 0 Å². The van der Waals surface area contributed by atoms with Gasteiger partial charge in [0.15, 0.2) is 0 Å². The molecule has 0 radical (unpaired) electrons. The number of rotatable bonds is 1. The summed E-state index contributed by atoms with van der Waals surface area (Å²) < 4.78 is 0. The van der Waals surface area contributed by atoms with Gasteiger partial charge < -0.3 is 0 Å². The predicted octanol–water partition coefficient (Wildman–Crippen LogP) is 7.47. The van der Waals surface area contributed by atoms with Gasteiger partial charge in [-0.25, -0.2) is 0 Å². The van der Waals surface area contributed by atoms with Gasteiger partial charge in [-0.05, 0) is 91.6 Å². The molecule has 0 aliphatic heterocycles. The van der Waals surface area contributed by atoms with Crippen LogP contribution in [0.5, 0.6) is 0 Å². The van der Waals surface area contributed by atoms with Gasteiger partial charge in [-0.3, -0.25) is 0 Å². The van der Waals surface area contributed by atoms with Gasteiger partial charge >= 0.3 is 6.00 Å². The van der Waals surface area contributed by atoms with Crippen molar-refractivity contribution >= 4 is 87.5 Å². The Morgan fingerprint density at radius 2 is 0.889 bits per heavy atom. The van der Waals surface area contributed by atoms with Crippen LogP contribution in [0.1, 0.15) is 5.56 Å². The molecule has 0 heterocycles. The third-order valence-corrected chi connectivity index (χ3v) is 8.12. The number of hydrogen-bond donors (Lipinski definition) is 0. The van der Waals surface area contributed by atoms with Gasteiger partial charge in [-0.1, -0.05) is 42.0 Å². The fourth-order valence-electron chi connectivity index (χ4n) is 3.80. The summed E-state index contributed by atoms with van der Waals surface area (Å²) in [5, 5.41) is 10.5. The molecule has 132 valence electrons. The maximum Gasteiger partial charge on any atom is 0.372 e. The molecule has 0 aliphatic rings. The monoisotopic (exact) mass is 424 g/mol. The zero-order valence-corrected chi connectivity index (χ0v) is 17.8. The second kappa shape index (κ2) is 6.12. The summed E-state index contributed by atoms with van der Waals surface area (Å²) in [7, 11) is 0. The zero-order chi connectivity index (χ0) is 18.8. The Balaban J connectivity index is 1.79. The SMILES string of the molecule is Cc1ccc2cc3cc4cc5cc([Si](Cl)(Cl)Cl)ccc5cc4cc3cc2c1. The number of aryl methyl sites for hydroxylation is 1. The predicted molar refractivity (Wildman–Crippen MR) is 124 cm³/mol. The second-order valence-corrected chi connectivity index (χ2v) is 15.6. The molecule has 4 heteroatoms. The van der Waals surface area contributed by atoms with Crippen LogP contribution in [0.3, 0.4) is 0 Å². The fourth-order valence-corrected chi connectivity index (χ4v) is 5.45. The van der Waals surface area contributed by atoms with Crippen molar-refractivity contribution in [1.29, 1.82) is 0 Å². The van der Waals surface area contributed by atoms with Gasteiger partial charge in [-0.15, -0.1) is 33.2 Å². The van der Waals surface area contributed by atoms with Crippen molar-refractivity contribution < 1.29 is 0 Å². The van der Waals surface area contributed by atoms with Crippen LogP contribution in [-0.2, 0) is 0 Å². The van der Waals surface area contributed by atoms with E-state index < -0.39 is 6.00 Å². The first kappa shape index (κ1) is 17.3. The normalized spacial score (nSPS) is 12.4. The summed E-state index contributed by atoms with van der Waals surface area (Å²) in [6, 6.07) is 23.2. The molecule has 0 nitrogen and oxygen atoms in total. The summed E-state index contributed by atoms with van der Waals surface area (Å²) in [5.74, 6) is 0. The molecule has 5 aromatic carbocycles. The van der Waals surface area contributed by atoms with Gasteiger partial charge in [0.2, 0.25) is 0 Å². The van der Waals surface area contributed by atoms with Crippen LogP contribution in [0.4, 0.5) is 0 Å². The van der Waals surface area contributed by atoms with Crippen LogP contribution >= 0.6 is 33.2 Å². The van der Waals surface area contributed by atoms with E-state index in [0.717, 1.165) is 16.0 Å². The van der Waals surface area contributed by atoms with E-state index in [1.165, 1.54) is 37.9 Å². The molecule has 0 atom stereocenters. The number of hydrogen-bond acceptors (Lipinski definition) is 0. The van der Waals surface area contributed by atoms with E-state index >= 15 is 0 Å². The summed E-state index contributed by atoms with van der Waals surface area (Å²) in [6.07, 6.45) is 0. The molecule has 0 spiro atoms. The Bertz CT molecular complexity index is 1370. The first-order chi connectivity index (χ1) is 12.9. The lowest BCUT2D eigenvalue weighted by atomic mass is 9.97. The molecule has 0 saturated heterocycles. The molecule has 0 fully saturated rings. The second-order valence-electron chi connectivity index (χ2n) is 7.16. The lowest BCUT2D eigenvalue weighted by Gasteiger charge is -2.11. The molecule has 5 aromatic rings. The maximum absolute atomic E-state index is 6.19. The third-order valence-electron chi connectivity index (χ3n) is 5.19. The number of halogens is 3. The molecule has 0 unspecified atom stereocenters. The minimum Gasteiger partial charge on any atom is -0.121 e. The van der Waals surface area contributed by atoms with E-state index in [1.54, 1.807) is 0 Å². The first-order valence-corrected chi connectivity index (χ1v) is 13.8. The summed E-state index contributed by atoms with van der Waals surface area (Å²) >= 11 is 18.6. The molecule has 0 aliphatic carbocycles. The maximum atomic E-state index is 6.19. The van der Waals surface area contributed by atoms with Crippen molar-refractivity contribution in [2.24, 2.45) is 0 Å². The standard InChI is InChI=1S/C23H15Cl3Si/c1-14-2-3-15-7-18-11-21-12-22-13-23(27(24,25)26)5-4-16(22)8-19(21)10-20(18)9-17(15)6-14/h2-13H,1H3. The van der Waals surface area contributed by atoms with Crippen molar-refractivity contribution in [3.8, 4) is 0 Å². The Kier molecular flexibility index (Phi) is 3.93. The lowest BCUT2D eigenvalue weighted by molar-refractivity contribution is 1.51. The van der Waals surface area contributed by atoms with Gasteiger partial charge in [0.1, 0.15) is 0 Å². The van der Waals surface area contributed by atoms with Crippen molar-refractivity contribution in [2.45, 2.75) is 6.92 Å². The van der Waals surface area contributed by atoms with Crippen LogP contribution in [0, 0.1) is 6.92 Å².